The molecule has 0 amide bonds. The van der Waals surface area contributed by atoms with Crippen LogP contribution in [0.2, 0.25) is 0 Å². The highest BCUT2D eigenvalue weighted by Crippen LogP contribution is 2.25. The van der Waals surface area contributed by atoms with Gasteiger partial charge in [0.05, 0.1) is 12.5 Å². The summed E-state index contributed by atoms with van der Waals surface area (Å²) in [6, 6.07) is 11.6. The first-order valence-corrected chi connectivity index (χ1v) is 5.14. The molecule has 5 nitrogen and oxygen atoms in total. The van der Waals surface area contributed by atoms with E-state index in [-0.39, 0.29) is 6.42 Å². The summed E-state index contributed by atoms with van der Waals surface area (Å²) in [4.78, 5) is 4.18. The molecule has 5 heteroatoms. The first-order chi connectivity index (χ1) is 8.36. The lowest BCUT2D eigenvalue weighted by atomic mass is 10.2. The van der Waals surface area contributed by atoms with Gasteiger partial charge in [-0.05, 0) is 12.1 Å². The Morgan fingerprint density at radius 2 is 2.24 bits per heavy atom. The average molecular weight is 224 g/mol. The second-order valence-corrected chi connectivity index (χ2v) is 3.59. The number of hydrogen-bond acceptors (Lipinski definition) is 4. The molecule has 3 rings (SSSR count). The van der Waals surface area contributed by atoms with Gasteiger partial charge in [0.1, 0.15) is 11.4 Å². The monoisotopic (exact) mass is 224 g/mol. The molecule has 0 aliphatic rings. The molecular weight excluding hydrogens is 216 g/mol. The minimum Gasteiger partial charge on any atom is -0.453 e. The Hall–Kier alpha value is -2.61. The maximum absolute atomic E-state index is 8.55. The Labute approximate surface area is 96.7 Å². The van der Waals surface area contributed by atoms with Crippen LogP contribution < -0.4 is 0 Å². The van der Waals surface area contributed by atoms with Crippen LogP contribution in [0, 0.1) is 11.3 Å². The van der Waals surface area contributed by atoms with E-state index in [1.807, 2.05) is 36.4 Å². The van der Waals surface area contributed by atoms with Gasteiger partial charge in [0.2, 0.25) is 5.82 Å². The molecule has 2 heterocycles. The Bertz CT molecular complexity index is 671. The van der Waals surface area contributed by atoms with Crippen molar-refractivity contribution >= 4 is 11.0 Å². The fourth-order valence-electron chi connectivity index (χ4n) is 1.65. The van der Waals surface area contributed by atoms with E-state index in [1.54, 1.807) is 0 Å². The van der Waals surface area contributed by atoms with Gasteiger partial charge in [0.25, 0.3) is 0 Å². The highest BCUT2D eigenvalue weighted by atomic mass is 16.3. The minimum atomic E-state index is 0.216. The number of furan rings is 1. The number of benzene rings is 1. The van der Waals surface area contributed by atoms with Crippen molar-refractivity contribution in [3.05, 3.63) is 36.2 Å². The molecule has 0 saturated heterocycles. The number of rotatable bonds is 2. The number of hydrogen-bond donors (Lipinski definition) is 1. The van der Waals surface area contributed by atoms with Gasteiger partial charge in [-0.25, -0.2) is 4.98 Å². The van der Waals surface area contributed by atoms with Crippen molar-refractivity contribution in [1.29, 1.82) is 5.26 Å². The lowest BCUT2D eigenvalue weighted by Crippen LogP contribution is -1.83. The molecule has 1 aromatic carbocycles. The van der Waals surface area contributed by atoms with Crippen LogP contribution in [-0.4, -0.2) is 15.2 Å². The number of nitrogens with zero attached hydrogens (tertiary/aromatic N) is 3. The quantitative estimate of drug-likeness (QED) is 0.724. The first kappa shape index (κ1) is 9.60. The molecule has 0 fully saturated rings. The molecule has 17 heavy (non-hydrogen) atoms. The number of nitriles is 1. The van der Waals surface area contributed by atoms with Gasteiger partial charge in [0.15, 0.2) is 5.76 Å². The molecule has 82 valence electrons. The summed E-state index contributed by atoms with van der Waals surface area (Å²) in [6.07, 6.45) is 0.216. The Balaban J connectivity index is 2.05. The third-order valence-corrected chi connectivity index (χ3v) is 2.42. The van der Waals surface area contributed by atoms with Gasteiger partial charge in [-0.3, -0.25) is 5.10 Å². The zero-order valence-electron chi connectivity index (χ0n) is 8.84. The molecule has 1 N–H and O–H groups in total. The van der Waals surface area contributed by atoms with Gasteiger partial charge in [-0.15, -0.1) is 0 Å². The van der Waals surface area contributed by atoms with Crippen molar-refractivity contribution in [2.45, 2.75) is 6.42 Å². The number of fused-ring (bicyclic) bond motifs is 1. The van der Waals surface area contributed by atoms with Crippen LogP contribution in [0.3, 0.4) is 0 Å². The smallest absolute Gasteiger partial charge is 0.217 e. The molecule has 0 unspecified atom stereocenters. The third kappa shape index (κ3) is 1.66. The zero-order chi connectivity index (χ0) is 11.7. The maximum Gasteiger partial charge on any atom is 0.217 e. The summed E-state index contributed by atoms with van der Waals surface area (Å²) >= 11 is 0. The largest absolute Gasteiger partial charge is 0.453 e. The van der Waals surface area contributed by atoms with Gasteiger partial charge in [-0.1, -0.05) is 18.2 Å². The second-order valence-electron chi connectivity index (χ2n) is 3.59. The number of para-hydroxylation sites is 1. The van der Waals surface area contributed by atoms with E-state index in [2.05, 4.69) is 15.2 Å². The van der Waals surface area contributed by atoms with Crippen LogP contribution in [0.1, 0.15) is 5.82 Å². The second kappa shape index (κ2) is 3.76. The van der Waals surface area contributed by atoms with Crippen molar-refractivity contribution in [3.63, 3.8) is 0 Å². The van der Waals surface area contributed by atoms with E-state index in [1.165, 1.54) is 0 Å². The van der Waals surface area contributed by atoms with Gasteiger partial charge < -0.3 is 4.42 Å². The number of aromatic nitrogens is 3. The van der Waals surface area contributed by atoms with E-state index in [9.17, 15) is 0 Å². The Morgan fingerprint density at radius 1 is 1.35 bits per heavy atom. The molecule has 0 bridgehead atoms. The Kier molecular flexibility index (Phi) is 2.12. The number of H-pyrrole nitrogens is 1. The van der Waals surface area contributed by atoms with Gasteiger partial charge in [-0.2, -0.15) is 10.4 Å². The number of nitrogens with one attached hydrogen (secondary N) is 1. The fourth-order valence-corrected chi connectivity index (χ4v) is 1.65. The third-order valence-electron chi connectivity index (χ3n) is 2.42. The fraction of sp³-hybridized carbons (Fsp3) is 0.0833. The van der Waals surface area contributed by atoms with Crippen LogP contribution in [0.5, 0.6) is 0 Å². The summed E-state index contributed by atoms with van der Waals surface area (Å²) < 4.78 is 5.62. The highest BCUT2D eigenvalue weighted by molar-refractivity contribution is 5.81. The standard InChI is InChI=1S/C12H8N4O/c13-6-5-11-14-12(16-15-11)10-7-8-3-1-2-4-9(8)17-10/h1-4,7H,5H2,(H,14,15,16). The van der Waals surface area contributed by atoms with Crippen molar-refractivity contribution in [2.24, 2.45) is 0 Å². The predicted octanol–water partition coefficient (Wildman–Crippen LogP) is 2.28. The van der Waals surface area contributed by atoms with Crippen molar-refractivity contribution in [3.8, 4) is 17.7 Å². The van der Waals surface area contributed by atoms with E-state index in [0.717, 1.165) is 11.0 Å². The van der Waals surface area contributed by atoms with Gasteiger partial charge >= 0.3 is 0 Å². The van der Waals surface area contributed by atoms with E-state index >= 15 is 0 Å². The molecule has 0 aliphatic carbocycles. The normalized spacial score (nSPS) is 10.5. The zero-order valence-corrected chi connectivity index (χ0v) is 8.84. The molecular formula is C12H8N4O. The predicted molar refractivity (Wildman–Crippen MR) is 60.9 cm³/mol. The molecule has 0 atom stereocenters. The molecule has 0 radical (unpaired) electrons. The van der Waals surface area contributed by atoms with Crippen molar-refractivity contribution in [1.82, 2.24) is 15.2 Å². The van der Waals surface area contributed by atoms with E-state index in [4.69, 9.17) is 9.68 Å². The maximum atomic E-state index is 8.55. The molecule has 0 saturated carbocycles. The molecule has 0 aliphatic heterocycles. The van der Waals surface area contributed by atoms with E-state index < -0.39 is 0 Å². The summed E-state index contributed by atoms with van der Waals surface area (Å²) in [5.41, 5.74) is 0.800. The van der Waals surface area contributed by atoms with E-state index in [0.29, 0.717) is 17.4 Å². The van der Waals surface area contributed by atoms with Crippen LogP contribution in [0.4, 0.5) is 0 Å². The lowest BCUT2D eigenvalue weighted by molar-refractivity contribution is 0.625. The van der Waals surface area contributed by atoms with Crippen molar-refractivity contribution in [2.75, 3.05) is 0 Å². The number of aromatic amines is 1. The highest BCUT2D eigenvalue weighted by Gasteiger charge is 2.10. The topological polar surface area (TPSA) is 78.5 Å². The van der Waals surface area contributed by atoms with Gasteiger partial charge in [0, 0.05) is 5.39 Å². The van der Waals surface area contributed by atoms with Crippen LogP contribution in [-0.2, 0) is 6.42 Å². The molecule has 3 aromatic rings. The molecule has 0 spiro atoms. The van der Waals surface area contributed by atoms with Crippen LogP contribution >= 0.6 is 0 Å². The van der Waals surface area contributed by atoms with Crippen molar-refractivity contribution < 1.29 is 4.42 Å². The summed E-state index contributed by atoms with van der Waals surface area (Å²) in [5, 5.41) is 16.3. The summed E-state index contributed by atoms with van der Waals surface area (Å²) in [6.45, 7) is 0. The Morgan fingerprint density at radius 3 is 3.06 bits per heavy atom. The summed E-state index contributed by atoms with van der Waals surface area (Å²) in [5.74, 6) is 1.63. The molecule has 2 aromatic heterocycles. The lowest BCUT2D eigenvalue weighted by Gasteiger charge is -1.85. The SMILES string of the molecule is N#CCc1nc(-c2cc3ccccc3o2)n[nH]1. The first-order valence-electron chi connectivity index (χ1n) is 5.14. The average Bonchev–Trinajstić information content (AvgIpc) is 2.94. The minimum absolute atomic E-state index is 0.216. The van der Waals surface area contributed by atoms with Crippen LogP contribution in [0.25, 0.3) is 22.6 Å². The van der Waals surface area contributed by atoms with Crippen LogP contribution in [0.15, 0.2) is 34.7 Å². The summed E-state index contributed by atoms with van der Waals surface area (Å²) in [7, 11) is 0.